The van der Waals surface area contributed by atoms with Crippen molar-refractivity contribution in [2.75, 3.05) is 6.61 Å². The summed E-state index contributed by atoms with van der Waals surface area (Å²) in [6, 6.07) is 12.8. The molecular formula is C16H16N2O2. The van der Waals surface area contributed by atoms with Gasteiger partial charge in [0.15, 0.2) is 0 Å². The first-order chi connectivity index (χ1) is 9.69. The molecule has 0 radical (unpaired) electrons. The summed E-state index contributed by atoms with van der Waals surface area (Å²) in [5.74, 6) is 0.744. The molecule has 0 saturated heterocycles. The summed E-state index contributed by atoms with van der Waals surface area (Å²) in [5, 5.41) is 8.89. The van der Waals surface area contributed by atoms with E-state index < -0.39 is 0 Å². The summed E-state index contributed by atoms with van der Waals surface area (Å²) in [7, 11) is 1.66. The average molecular weight is 268 g/mol. The molecule has 0 bridgehead atoms. The van der Waals surface area contributed by atoms with Gasteiger partial charge in [0.1, 0.15) is 17.4 Å². The third-order valence-electron chi connectivity index (χ3n) is 3.05. The molecule has 2 aromatic rings. The molecule has 1 aromatic heterocycles. The molecule has 0 aliphatic rings. The first-order valence-corrected chi connectivity index (χ1v) is 6.51. The van der Waals surface area contributed by atoms with Crippen LogP contribution in [0.5, 0.6) is 5.75 Å². The van der Waals surface area contributed by atoms with Gasteiger partial charge >= 0.3 is 0 Å². The van der Waals surface area contributed by atoms with Crippen LogP contribution >= 0.6 is 0 Å². The highest BCUT2D eigenvalue weighted by atomic mass is 16.5. The summed E-state index contributed by atoms with van der Waals surface area (Å²) in [6.45, 7) is 2.67. The quantitative estimate of drug-likeness (QED) is 0.856. The van der Waals surface area contributed by atoms with Crippen molar-refractivity contribution in [3.05, 3.63) is 52.3 Å². The fourth-order valence-corrected chi connectivity index (χ4v) is 2.01. The second kappa shape index (κ2) is 6.07. The monoisotopic (exact) mass is 268 g/mol. The minimum Gasteiger partial charge on any atom is -0.493 e. The Labute approximate surface area is 117 Å². The van der Waals surface area contributed by atoms with Crippen molar-refractivity contribution < 1.29 is 4.74 Å². The van der Waals surface area contributed by atoms with Crippen LogP contribution in [0.2, 0.25) is 0 Å². The van der Waals surface area contributed by atoms with E-state index in [0.29, 0.717) is 6.61 Å². The van der Waals surface area contributed by atoms with E-state index in [0.717, 1.165) is 23.4 Å². The van der Waals surface area contributed by atoms with Crippen molar-refractivity contribution in [2.24, 2.45) is 7.05 Å². The zero-order valence-electron chi connectivity index (χ0n) is 11.6. The number of pyridine rings is 1. The maximum atomic E-state index is 12.0. The molecule has 2 rings (SSSR count). The van der Waals surface area contributed by atoms with Gasteiger partial charge in [-0.05, 0) is 30.7 Å². The highest BCUT2D eigenvalue weighted by molar-refractivity contribution is 5.67. The van der Waals surface area contributed by atoms with Gasteiger partial charge in [-0.25, -0.2) is 0 Å². The summed E-state index contributed by atoms with van der Waals surface area (Å²) in [6.07, 6.45) is 0.917. The van der Waals surface area contributed by atoms with Gasteiger partial charge in [-0.3, -0.25) is 4.79 Å². The lowest BCUT2D eigenvalue weighted by molar-refractivity contribution is 0.318. The van der Waals surface area contributed by atoms with Crippen LogP contribution in [0.25, 0.3) is 11.3 Å². The largest absolute Gasteiger partial charge is 0.493 e. The molecule has 1 heterocycles. The van der Waals surface area contributed by atoms with Gasteiger partial charge in [-0.2, -0.15) is 5.26 Å². The number of benzene rings is 1. The number of ether oxygens (including phenoxy) is 1. The molecule has 4 heteroatoms. The molecular weight excluding hydrogens is 252 g/mol. The number of nitriles is 1. The van der Waals surface area contributed by atoms with Crippen molar-refractivity contribution in [1.29, 1.82) is 5.26 Å². The summed E-state index contributed by atoms with van der Waals surface area (Å²) in [5.41, 5.74) is 1.43. The Morgan fingerprint density at radius 2 is 2.00 bits per heavy atom. The number of hydrogen-bond donors (Lipinski definition) is 0. The van der Waals surface area contributed by atoms with Crippen LogP contribution in [0, 0.1) is 11.3 Å². The van der Waals surface area contributed by atoms with Gasteiger partial charge in [-0.15, -0.1) is 0 Å². The van der Waals surface area contributed by atoms with Crippen LogP contribution in [0.3, 0.4) is 0 Å². The van der Waals surface area contributed by atoms with Crippen molar-refractivity contribution in [2.45, 2.75) is 13.3 Å². The summed E-state index contributed by atoms with van der Waals surface area (Å²) in [4.78, 5) is 12.0. The van der Waals surface area contributed by atoms with Gasteiger partial charge in [-0.1, -0.05) is 19.1 Å². The lowest BCUT2D eigenvalue weighted by atomic mass is 10.1. The predicted molar refractivity (Wildman–Crippen MR) is 77.6 cm³/mol. The van der Waals surface area contributed by atoms with Gasteiger partial charge in [0, 0.05) is 12.6 Å². The molecule has 0 atom stereocenters. The molecule has 0 amide bonds. The Balaban J connectivity index is 2.55. The molecule has 0 aliphatic carbocycles. The Morgan fingerprint density at radius 3 is 2.70 bits per heavy atom. The normalized spacial score (nSPS) is 10.1. The van der Waals surface area contributed by atoms with Crippen molar-refractivity contribution in [1.82, 2.24) is 4.57 Å². The molecule has 0 unspecified atom stereocenters. The van der Waals surface area contributed by atoms with Crippen LogP contribution < -0.4 is 10.3 Å². The molecule has 0 spiro atoms. The molecule has 0 N–H and O–H groups in total. The SMILES string of the molecule is CCCOc1ccccc1-c1ccc(C#N)c(=O)n1C. The van der Waals surface area contributed by atoms with Crippen LogP contribution in [-0.4, -0.2) is 11.2 Å². The van der Waals surface area contributed by atoms with Gasteiger partial charge < -0.3 is 9.30 Å². The molecule has 20 heavy (non-hydrogen) atoms. The fourth-order valence-electron chi connectivity index (χ4n) is 2.01. The lowest BCUT2D eigenvalue weighted by Gasteiger charge is -2.13. The molecule has 0 aliphatic heterocycles. The standard InChI is InChI=1S/C16H16N2O2/c1-3-10-20-15-7-5-4-6-13(15)14-9-8-12(11-17)16(19)18(14)2/h4-9H,3,10H2,1-2H3. The number of hydrogen-bond acceptors (Lipinski definition) is 3. The molecule has 0 fully saturated rings. The van der Waals surface area contributed by atoms with E-state index in [-0.39, 0.29) is 11.1 Å². The highest BCUT2D eigenvalue weighted by Crippen LogP contribution is 2.28. The lowest BCUT2D eigenvalue weighted by Crippen LogP contribution is -2.20. The molecule has 102 valence electrons. The second-order valence-electron chi connectivity index (χ2n) is 4.45. The zero-order chi connectivity index (χ0) is 14.5. The average Bonchev–Trinajstić information content (AvgIpc) is 2.48. The van der Waals surface area contributed by atoms with Gasteiger partial charge in [0.2, 0.25) is 0 Å². The highest BCUT2D eigenvalue weighted by Gasteiger charge is 2.11. The Morgan fingerprint density at radius 1 is 1.25 bits per heavy atom. The van der Waals surface area contributed by atoms with Gasteiger partial charge in [0.05, 0.1) is 12.3 Å². The third kappa shape index (κ3) is 2.57. The minimum absolute atomic E-state index is 0.142. The Hall–Kier alpha value is -2.54. The van der Waals surface area contributed by atoms with E-state index >= 15 is 0 Å². The zero-order valence-corrected chi connectivity index (χ0v) is 11.6. The van der Waals surface area contributed by atoms with Crippen molar-refractivity contribution in [3.63, 3.8) is 0 Å². The predicted octanol–water partition coefficient (Wildman–Crippen LogP) is 2.71. The van der Waals surface area contributed by atoms with E-state index in [1.807, 2.05) is 37.3 Å². The summed E-state index contributed by atoms with van der Waals surface area (Å²) < 4.78 is 7.19. The van der Waals surface area contributed by atoms with E-state index in [1.54, 1.807) is 19.2 Å². The molecule has 1 aromatic carbocycles. The van der Waals surface area contributed by atoms with E-state index in [2.05, 4.69) is 0 Å². The number of para-hydroxylation sites is 1. The van der Waals surface area contributed by atoms with E-state index in [9.17, 15) is 4.79 Å². The fraction of sp³-hybridized carbons (Fsp3) is 0.250. The number of rotatable bonds is 4. The maximum absolute atomic E-state index is 12.0. The van der Waals surface area contributed by atoms with E-state index in [4.69, 9.17) is 10.00 Å². The number of nitrogens with zero attached hydrogens (tertiary/aromatic N) is 2. The third-order valence-corrected chi connectivity index (χ3v) is 3.05. The van der Waals surface area contributed by atoms with Gasteiger partial charge in [0.25, 0.3) is 5.56 Å². The Kier molecular flexibility index (Phi) is 4.21. The topological polar surface area (TPSA) is 55.0 Å². The van der Waals surface area contributed by atoms with Crippen molar-refractivity contribution in [3.8, 4) is 23.1 Å². The van der Waals surface area contributed by atoms with Crippen LogP contribution in [0.4, 0.5) is 0 Å². The minimum atomic E-state index is -0.296. The van der Waals surface area contributed by atoms with Crippen molar-refractivity contribution >= 4 is 0 Å². The van der Waals surface area contributed by atoms with Crippen LogP contribution in [-0.2, 0) is 7.05 Å². The Bertz CT molecular complexity index is 711. The smallest absolute Gasteiger partial charge is 0.268 e. The maximum Gasteiger partial charge on any atom is 0.268 e. The molecule has 0 saturated carbocycles. The first kappa shape index (κ1) is 13.9. The van der Waals surface area contributed by atoms with E-state index in [1.165, 1.54) is 4.57 Å². The summed E-state index contributed by atoms with van der Waals surface area (Å²) >= 11 is 0. The molecule has 4 nitrogen and oxygen atoms in total. The second-order valence-corrected chi connectivity index (χ2v) is 4.45. The van der Waals surface area contributed by atoms with Crippen LogP contribution in [0.15, 0.2) is 41.2 Å². The first-order valence-electron chi connectivity index (χ1n) is 6.51. The number of aromatic nitrogens is 1. The van der Waals surface area contributed by atoms with Crippen LogP contribution in [0.1, 0.15) is 18.9 Å².